The van der Waals surface area contributed by atoms with E-state index in [1.165, 1.54) is 161 Å². The summed E-state index contributed by atoms with van der Waals surface area (Å²) in [5, 5.41) is 13.9. The first-order chi connectivity index (χ1) is 37.0. The molecule has 0 aliphatic heterocycles. The number of hydrogen-bond acceptors (Lipinski definition) is 6. The molecule has 0 heterocycles. The third kappa shape index (κ3) is 59.1. The molecule has 0 spiro atoms. The second-order valence-electron chi connectivity index (χ2n) is 22.4. The summed E-state index contributed by atoms with van der Waals surface area (Å²) in [4.78, 5) is 25.6. The average Bonchev–Trinajstić information content (AvgIpc) is 3.38. The molecule has 9 heteroatoms. The molecular formula is C67H121N2O6P. The van der Waals surface area contributed by atoms with E-state index in [9.17, 15) is 19.4 Å². The van der Waals surface area contributed by atoms with E-state index in [2.05, 4.69) is 104 Å². The number of allylic oxidation sites excluding steroid dienone is 15. The van der Waals surface area contributed by atoms with Crippen molar-refractivity contribution < 1.29 is 32.9 Å². The van der Waals surface area contributed by atoms with Gasteiger partial charge < -0.3 is 28.8 Å². The van der Waals surface area contributed by atoms with Crippen molar-refractivity contribution in [2.24, 2.45) is 0 Å². The summed E-state index contributed by atoms with van der Waals surface area (Å²) in [5.74, 6) is -0.205. The highest BCUT2D eigenvalue weighted by Gasteiger charge is 2.23. The summed E-state index contributed by atoms with van der Waals surface area (Å²) < 4.78 is 23.4. The maximum absolute atomic E-state index is 13.0. The minimum Gasteiger partial charge on any atom is -0.756 e. The van der Waals surface area contributed by atoms with E-state index in [0.717, 1.165) is 89.9 Å². The zero-order valence-corrected chi connectivity index (χ0v) is 51.1. The van der Waals surface area contributed by atoms with Crippen LogP contribution in [0, 0.1) is 0 Å². The van der Waals surface area contributed by atoms with Gasteiger partial charge in [-0.15, -0.1) is 0 Å². The molecule has 0 saturated carbocycles. The minimum absolute atomic E-state index is 0.00624. The molecule has 0 aliphatic rings. The maximum atomic E-state index is 13.0. The van der Waals surface area contributed by atoms with E-state index in [1.807, 2.05) is 27.2 Å². The smallest absolute Gasteiger partial charge is 0.268 e. The minimum atomic E-state index is -4.61. The Bertz CT molecular complexity index is 1560. The van der Waals surface area contributed by atoms with Crippen molar-refractivity contribution in [2.45, 2.75) is 283 Å². The summed E-state index contributed by atoms with van der Waals surface area (Å²) >= 11 is 0. The van der Waals surface area contributed by atoms with Crippen molar-refractivity contribution in [3.05, 3.63) is 97.2 Å². The van der Waals surface area contributed by atoms with Crippen molar-refractivity contribution in [2.75, 3.05) is 40.9 Å². The Morgan fingerprint density at radius 2 is 0.803 bits per heavy atom. The first-order valence-corrected chi connectivity index (χ1v) is 33.1. The molecule has 0 bridgehead atoms. The van der Waals surface area contributed by atoms with Crippen LogP contribution in [0.4, 0.5) is 0 Å². The number of rotatable bonds is 57. The first-order valence-electron chi connectivity index (χ1n) is 31.6. The fraction of sp³-hybridized carbons (Fsp3) is 0.746. The van der Waals surface area contributed by atoms with E-state index in [4.69, 9.17) is 9.05 Å². The lowest BCUT2D eigenvalue weighted by Crippen LogP contribution is -2.45. The number of hydrogen-bond donors (Lipinski definition) is 2. The van der Waals surface area contributed by atoms with Gasteiger partial charge in [-0.2, -0.15) is 0 Å². The van der Waals surface area contributed by atoms with Crippen LogP contribution >= 0.6 is 7.82 Å². The number of aliphatic hydroxyl groups excluding tert-OH is 1. The highest BCUT2D eigenvalue weighted by Crippen LogP contribution is 2.38. The van der Waals surface area contributed by atoms with Gasteiger partial charge in [-0.3, -0.25) is 9.36 Å². The molecule has 2 N–H and O–H groups in total. The van der Waals surface area contributed by atoms with Gasteiger partial charge in [-0.05, 0) is 77.0 Å². The molecule has 3 atom stereocenters. The molecule has 0 aliphatic carbocycles. The number of carbonyl (C=O) groups is 1. The normalized spacial score (nSPS) is 14.5. The molecule has 1 amide bonds. The number of phosphoric ester groups is 1. The molecule has 0 aromatic heterocycles. The number of carbonyl (C=O) groups excluding carboxylic acids is 1. The van der Waals surface area contributed by atoms with Crippen molar-refractivity contribution in [3.63, 3.8) is 0 Å². The number of nitrogens with one attached hydrogen (secondary N) is 1. The maximum Gasteiger partial charge on any atom is 0.268 e. The van der Waals surface area contributed by atoms with Gasteiger partial charge in [-0.1, -0.05) is 284 Å². The van der Waals surface area contributed by atoms with Crippen LogP contribution in [-0.2, 0) is 18.4 Å². The molecule has 0 rings (SSSR count). The Labute approximate surface area is 470 Å². The quantitative estimate of drug-likeness (QED) is 0.0272. The number of aliphatic hydroxyl groups is 1. The van der Waals surface area contributed by atoms with E-state index < -0.39 is 20.0 Å². The third-order valence-corrected chi connectivity index (χ3v) is 14.8. The molecule has 0 radical (unpaired) electrons. The number of nitrogens with zero attached hydrogens (tertiary/aromatic N) is 1. The SMILES string of the molecule is CC/C=C\C/C=C\C/C=C\C/C=C\C/C=C\C/C=C\C/C=C\CCCCCCCCCCCC(=O)NC(COP(=O)([O-])OCC[N+](C)(C)C)C(O)/C=C/CCCCCCCCCCCCCCCCCCCCCCC. The van der Waals surface area contributed by atoms with Gasteiger partial charge >= 0.3 is 0 Å². The predicted molar refractivity (Wildman–Crippen MR) is 329 cm³/mol. The van der Waals surface area contributed by atoms with Crippen molar-refractivity contribution in [1.82, 2.24) is 5.32 Å². The highest BCUT2D eigenvalue weighted by atomic mass is 31.2. The lowest BCUT2D eigenvalue weighted by atomic mass is 10.0. The Hall–Kier alpha value is -2.58. The van der Waals surface area contributed by atoms with Crippen molar-refractivity contribution >= 4 is 13.7 Å². The monoisotopic (exact) mass is 1080 g/mol. The molecule has 0 aromatic carbocycles. The fourth-order valence-corrected chi connectivity index (χ4v) is 9.62. The molecule has 440 valence electrons. The van der Waals surface area contributed by atoms with E-state index >= 15 is 0 Å². The van der Waals surface area contributed by atoms with Crippen LogP contribution in [0.1, 0.15) is 271 Å². The molecular weight excluding hydrogens is 960 g/mol. The van der Waals surface area contributed by atoms with Gasteiger partial charge in [0.2, 0.25) is 5.91 Å². The van der Waals surface area contributed by atoms with Crippen LogP contribution in [0.15, 0.2) is 97.2 Å². The van der Waals surface area contributed by atoms with Crippen LogP contribution in [0.3, 0.4) is 0 Å². The lowest BCUT2D eigenvalue weighted by molar-refractivity contribution is -0.870. The second-order valence-corrected chi connectivity index (χ2v) is 23.8. The first kappa shape index (κ1) is 73.4. The summed E-state index contributed by atoms with van der Waals surface area (Å²) in [6, 6.07) is -0.897. The second kappa shape index (κ2) is 57.1. The fourth-order valence-electron chi connectivity index (χ4n) is 8.90. The van der Waals surface area contributed by atoms with Gasteiger partial charge in [-0.25, -0.2) is 0 Å². The molecule has 0 fully saturated rings. The molecule has 76 heavy (non-hydrogen) atoms. The van der Waals surface area contributed by atoms with Crippen LogP contribution in [0.5, 0.6) is 0 Å². The molecule has 0 aromatic rings. The zero-order chi connectivity index (χ0) is 55.6. The van der Waals surface area contributed by atoms with Crippen molar-refractivity contribution in [3.8, 4) is 0 Å². The third-order valence-electron chi connectivity index (χ3n) is 13.8. The number of quaternary nitrogens is 1. The number of amides is 1. The topological polar surface area (TPSA) is 108 Å². The zero-order valence-electron chi connectivity index (χ0n) is 50.2. The number of likely N-dealkylation sites (N-methyl/N-ethyl adjacent to an activating group) is 1. The number of unbranched alkanes of at least 4 members (excludes halogenated alkanes) is 30. The van der Waals surface area contributed by atoms with Crippen molar-refractivity contribution in [1.29, 1.82) is 0 Å². The Kier molecular flexibility index (Phi) is 55.2. The van der Waals surface area contributed by atoms with Crippen LogP contribution < -0.4 is 10.2 Å². The lowest BCUT2D eigenvalue weighted by Gasteiger charge is -2.29. The van der Waals surface area contributed by atoms with Crippen LogP contribution in [0.2, 0.25) is 0 Å². The Balaban J connectivity index is 4.20. The van der Waals surface area contributed by atoms with Gasteiger partial charge in [0.25, 0.3) is 7.82 Å². The predicted octanol–water partition coefficient (Wildman–Crippen LogP) is 19.1. The Morgan fingerprint density at radius 3 is 1.17 bits per heavy atom. The number of phosphoric acid groups is 1. The highest BCUT2D eigenvalue weighted by molar-refractivity contribution is 7.45. The molecule has 8 nitrogen and oxygen atoms in total. The largest absolute Gasteiger partial charge is 0.756 e. The average molecular weight is 1080 g/mol. The van der Waals surface area contributed by atoms with Crippen LogP contribution in [-0.4, -0.2) is 68.5 Å². The van der Waals surface area contributed by atoms with E-state index in [1.54, 1.807) is 6.08 Å². The van der Waals surface area contributed by atoms with Gasteiger partial charge in [0.1, 0.15) is 13.2 Å². The summed E-state index contributed by atoms with van der Waals surface area (Å²) in [6.45, 7) is 4.55. The van der Waals surface area contributed by atoms with Gasteiger partial charge in [0.05, 0.1) is 39.9 Å². The van der Waals surface area contributed by atoms with Gasteiger partial charge in [0.15, 0.2) is 0 Å². The Morgan fingerprint density at radius 1 is 0.474 bits per heavy atom. The van der Waals surface area contributed by atoms with Gasteiger partial charge in [0, 0.05) is 6.42 Å². The van der Waals surface area contributed by atoms with E-state index in [-0.39, 0.29) is 19.1 Å². The summed E-state index contributed by atoms with van der Waals surface area (Å²) in [5.41, 5.74) is 0. The van der Waals surface area contributed by atoms with Crippen LogP contribution in [0.25, 0.3) is 0 Å². The molecule has 0 saturated heterocycles. The summed E-state index contributed by atoms with van der Waals surface area (Å²) in [6.07, 6.45) is 82.0. The molecule has 3 unspecified atom stereocenters. The van der Waals surface area contributed by atoms with E-state index in [0.29, 0.717) is 17.4 Å². The summed E-state index contributed by atoms with van der Waals surface area (Å²) in [7, 11) is 1.25. The standard InChI is InChI=1S/C67H121N2O6P/c1-6-8-10-12-14-16-18-20-22-24-26-28-30-31-32-33-34-35-36-37-39-41-43-45-47-49-51-53-55-57-59-61-67(71)68-65(64-75-76(72,73)74-63-62-69(3,4)5)66(70)60-58-56-54-52-50-48-46-44-42-40-38-29-27-25-23-21-19-17-15-13-11-9-7-2/h8,10,14,16,20,22,26,28,31-32,34-35,37,39,58,60,65-66,70H,6-7,9,11-13,15,17-19,21,23-25,27,29-30,33,36,38,40-57,59,61-64H2,1-5H3,(H-,68,71,72,73)/b10-8-,16-14-,22-20-,28-26-,32-31-,35-34-,39-37-,60-58+.